The van der Waals surface area contributed by atoms with Gasteiger partial charge in [-0.25, -0.2) is 5.43 Å². The van der Waals surface area contributed by atoms with E-state index in [0.717, 1.165) is 6.34 Å². The van der Waals surface area contributed by atoms with Crippen LogP contribution in [0, 0.1) is 5.41 Å². The van der Waals surface area contributed by atoms with E-state index < -0.39 is 0 Å². The normalized spacial score (nSPS) is 9.50. The second kappa shape index (κ2) is 3.40. The van der Waals surface area contributed by atoms with Crippen LogP contribution in [0.25, 0.3) is 0 Å². The van der Waals surface area contributed by atoms with Gasteiger partial charge in [0.1, 0.15) is 6.34 Å². The molecular weight excluding hydrogens is 106 g/mol. The Morgan fingerprint density at radius 2 is 2.25 bits per heavy atom. The highest BCUT2D eigenvalue weighted by Crippen LogP contribution is 1.75. The summed E-state index contributed by atoms with van der Waals surface area (Å²) >= 11 is 0. The van der Waals surface area contributed by atoms with Gasteiger partial charge < -0.3 is 0 Å². The highest BCUT2D eigenvalue weighted by molar-refractivity contribution is 5.47. The van der Waals surface area contributed by atoms with E-state index >= 15 is 0 Å². The van der Waals surface area contributed by atoms with Crippen LogP contribution < -0.4 is 5.43 Å². The summed E-state index contributed by atoms with van der Waals surface area (Å²) < 4.78 is 0. The van der Waals surface area contributed by atoms with E-state index in [0.29, 0.717) is 5.17 Å². The quantitative estimate of drug-likeness (QED) is 0.281. The predicted octanol–water partition coefficient (Wildman–Crippen LogP) is 0.198. The van der Waals surface area contributed by atoms with E-state index in [1.165, 1.54) is 0 Å². The van der Waals surface area contributed by atoms with Crippen molar-refractivity contribution in [1.82, 2.24) is 10.6 Å². The third-order valence-corrected chi connectivity index (χ3v) is 0.513. The van der Waals surface area contributed by atoms with E-state index in [1.807, 2.05) is 13.8 Å². The molecule has 0 aromatic heterocycles. The van der Waals surface area contributed by atoms with E-state index in [4.69, 9.17) is 10.6 Å². The molecule has 0 aliphatic rings. The van der Waals surface area contributed by atoms with Crippen molar-refractivity contribution in [3.05, 3.63) is 0 Å². The third-order valence-electron chi connectivity index (χ3n) is 0.513. The Hall–Kier alpha value is -0.610. The molecule has 0 rings (SSSR count). The largest absolute Gasteiger partial charge is 0.288 e. The lowest BCUT2D eigenvalue weighted by Crippen LogP contribution is -2.38. The summed E-state index contributed by atoms with van der Waals surface area (Å²) in [6.45, 7) is 3.74. The molecule has 0 bridgehead atoms. The molecule has 0 aliphatic carbocycles. The maximum atomic E-state index is 8.51. The molecule has 0 radical (unpaired) electrons. The lowest BCUT2D eigenvalue weighted by atomic mass is 10.4. The van der Waals surface area contributed by atoms with Crippen LogP contribution in [0.1, 0.15) is 13.8 Å². The Labute approximate surface area is 48.5 Å². The van der Waals surface area contributed by atoms with Gasteiger partial charge in [0.2, 0.25) is 0 Å². The van der Waals surface area contributed by atoms with Gasteiger partial charge in [-0.05, 0) is 13.8 Å². The fourth-order valence-electron chi connectivity index (χ4n) is 0.302. The number of nitrogens with one attached hydrogen (secondary N) is 2. The molecular formula is C4H11N3O. The van der Waals surface area contributed by atoms with Crippen molar-refractivity contribution in [3.63, 3.8) is 0 Å². The first-order valence-corrected chi connectivity index (χ1v) is 2.41. The number of hydrazine groups is 1. The van der Waals surface area contributed by atoms with Gasteiger partial charge in [-0.1, -0.05) is 0 Å². The zero-order valence-corrected chi connectivity index (χ0v) is 5.05. The molecule has 0 atom stereocenters. The summed E-state index contributed by atoms with van der Waals surface area (Å²) in [5, 5.41) is 15.6. The van der Waals surface area contributed by atoms with Gasteiger partial charge in [-0.15, -0.1) is 0 Å². The SMILES string of the molecule is CC(C)NN(O)C=N. The number of hydrogen-bond acceptors (Lipinski definition) is 3. The van der Waals surface area contributed by atoms with Crippen LogP contribution in [-0.2, 0) is 0 Å². The van der Waals surface area contributed by atoms with Crippen LogP contribution in [0.15, 0.2) is 0 Å². The molecule has 8 heavy (non-hydrogen) atoms. The summed E-state index contributed by atoms with van der Waals surface area (Å²) in [4.78, 5) is 0. The Balaban J connectivity index is 3.23. The van der Waals surface area contributed by atoms with Crippen molar-refractivity contribution >= 4 is 6.34 Å². The van der Waals surface area contributed by atoms with Crippen LogP contribution in [0.4, 0.5) is 0 Å². The second-order valence-electron chi connectivity index (χ2n) is 1.76. The van der Waals surface area contributed by atoms with E-state index in [1.54, 1.807) is 0 Å². The van der Waals surface area contributed by atoms with Crippen molar-refractivity contribution < 1.29 is 5.21 Å². The van der Waals surface area contributed by atoms with Gasteiger partial charge in [0.05, 0.1) is 0 Å². The Morgan fingerprint density at radius 3 is 2.38 bits per heavy atom. The Morgan fingerprint density at radius 1 is 1.75 bits per heavy atom. The van der Waals surface area contributed by atoms with Crippen molar-refractivity contribution in [1.29, 1.82) is 5.41 Å². The van der Waals surface area contributed by atoms with Crippen LogP contribution in [-0.4, -0.2) is 22.8 Å². The maximum Gasteiger partial charge on any atom is 0.126 e. The molecule has 0 aromatic carbocycles. The smallest absolute Gasteiger partial charge is 0.126 e. The maximum absolute atomic E-state index is 8.51. The fraction of sp³-hybridized carbons (Fsp3) is 0.750. The number of hydroxylamine groups is 1. The van der Waals surface area contributed by atoms with Gasteiger partial charge in [0, 0.05) is 6.04 Å². The Bertz CT molecular complexity index is 73.7. The minimum absolute atomic E-state index is 0.154. The molecule has 3 N–H and O–H groups in total. The summed E-state index contributed by atoms with van der Waals surface area (Å²) in [5.74, 6) is 0. The van der Waals surface area contributed by atoms with E-state index in [2.05, 4.69) is 5.43 Å². The van der Waals surface area contributed by atoms with Gasteiger partial charge >= 0.3 is 0 Å². The summed E-state index contributed by atoms with van der Waals surface area (Å²) in [7, 11) is 0. The van der Waals surface area contributed by atoms with Gasteiger partial charge in [0.15, 0.2) is 0 Å². The minimum atomic E-state index is 0.154. The molecule has 4 heteroatoms. The van der Waals surface area contributed by atoms with E-state index in [-0.39, 0.29) is 6.04 Å². The average molecular weight is 117 g/mol. The van der Waals surface area contributed by atoms with Crippen molar-refractivity contribution in [3.8, 4) is 0 Å². The molecule has 0 aliphatic heterocycles. The van der Waals surface area contributed by atoms with Crippen LogP contribution >= 0.6 is 0 Å². The van der Waals surface area contributed by atoms with Crippen molar-refractivity contribution in [2.45, 2.75) is 19.9 Å². The summed E-state index contributed by atoms with van der Waals surface area (Å²) in [6, 6.07) is 0.154. The topological polar surface area (TPSA) is 59.4 Å². The molecule has 0 unspecified atom stereocenters. The molecule has 0 saturated heterocycles. The lowest BCUT2D eigenvalue weighted by molar-refractivity contribution is -0.0655. The monoisotopic (exact) mass is 117 g/mol. The zero-order chi connectivity index (χ0) is 6.57. The number of nitrogens with zero attached hydrogens (tertiary/aromatic N) is 1. The zero-order valence-electron chi connectivity index (χ0n) is 5.05. The van der Waals surface area contributed by atoms with Crippen molar-refractivity contribution in [2.24, 2.45) is 0 Å². The van der Waals surface area contributed by atoms with Crippen LogP contribution in [0.3, 0.4) is 0 Å². The van der Waals surface area contributed by atoms with Gasteiger partial charge in [-0.3, -0.25) is 10.6 Å². The van der Waals surface area contributed by atoms with Crippen molar-refractivity contribution in [2.75, 3.05) is 0 Å². The molecule has 0 aromatic rings. The summed E-state index contributed by atoms with van der Waals surface area (Å²) in [5.41, 5.74) is 2.54. The standard InChI is InChI=1S/C4H11N3O/c1-4(2)6-7(8)3-5/h3-6,8H,1-2H3. The first kappa shape index (κ1) is 7.39. The molecule has 48 valence electrons. The highest BCUT2D eigenvalue weighted by Gasteiger charge is 1.93. The highest BCUT2D eigenvalue weighted by atomic mass is 16.5. The molecule has 0 heterocycles. The van der Waals surface area contributed by atoms with Crippen LogP contribution in [0.2, 0.25) is 0 Å². The molecule has 4 nitrogen and oxygen atoms in total. The van der Waals surface area contributed by atoms with Gasteiger partial charge in [-0.2, -0.15) is 5.17 Å². The molecule has 0 saturated carbocycles. The van der Waals surface area contributed by atoms with Crippen LogP contribution in [0.5, 0.6) is 0 Å². The lowest BCUT2D eigenvalue weighted by Gasteiger charge is -2.13. The van der Waals surface area contributed by atoms with Gasteiger partial charge in [0.25, 0.3) is 0 Å². The fourth-order valence-corrected chi connectivity index (χ4v) is 0.302. The minimum Gasteiger partial charge on any atom is -0.288 e. The first-order chi connectivity index (χ1) is 3.66. The summed E-state index contributed by atoms with van der Waals surface area (Å²) in [6.07, 6.45) is 0.792. The second-order valence-corrected chi connectivity index (χ2v) is 1.76. The number of rotatable bonds is 3. The van der Waals surface area contributed by atoms with E-state index in [9.17, 15) is 0 Å². The third kappa shape index (κ3) is 3.58. The first-order valence-electron chi connectivity index (χ1n) is 2.41. The molecule has 0 amide bonds. The molecule has 0 fully saturated rings. The predicted molar refractivity (Wildman–Crippen MR) is 30.7 cm³/mol. The number of hydrogen-bond donors (Lipinski definition) is 3. The molecule has 0 spiro atoms. The average Bonchev–Trinajstić information content (AvgIpc) is 1.65. The Kier molecular flexibility index (Phi) is 3.14.